The molecule has 0 aromatic heterocycles. The molecule has 0 aliphatic rings. The van der Waals surface area contributed by atoms with E-state index in [0.29, 0.717) is 0 Å². The molecule has 1 aromatic rings. The summed E-state index contributed by atoms with van der Waals surface area (Å²) in [5, 5.41) is 0. The zero-order valence-corrected chi connectivity index (χ0v) is 7.42. The van der Waals surface area contributed by atoms with Crippen LogP contribution >= 0.6 is 0 Å². The molecule has 0 aliphatic heterocycles. The van der Waals surface area contributed by atoms with Crippen molar-refractivity contribution in [3.63, 3.8) is 0 Å². The van der Waals surface area contributed by atoms with Gasteiger partial charge in [0.15, 0.2) is 0 Å². The molecule has 70 valence electrons. The van der Waals surface area contributed by atoms with Gasteiger partial charge in [0.25, 0.3) is 0 Å². The maximum absolute atomic E-state index is 11.7. The highest BCUT2D eigenvalue weighted by Gasteiger charge is 1.98. The summed E-state index contributed by atoms with van der Waals surface area (Å²) in [7, 11) is 0. The van der Waals surface area contributed by atoms with E-state index >= 15 is 0 Å². The minimum absolute atomic E-state index is 0.000667. The minimum atomic E-state index is -1.74. The predicted octanol–water partition coefficient (Wildman–Crippen LogP) is 2.86. The van der Waals surface area contributed by atoms with E-state index in [1.54, 1.807) is 0 Å². The van der Waals surface area contributed by atoms with Gasteiger partial charge in [-0.3, -0.25) is 0 Å². The van der Waals surface area contributed by atoms with E-state index in [9.17, 15) is 9.18 Å². The zero-order valence-electron chi connectivity index (χ0n) is 7.42. The lowest BCUT2D eigenvalue weighted by Gasteiger charge is -2.01. The molecule has 0 amide bonds. The van der Waals surface area contributed by atoms with Crippen LogP contribution in [-0.2, 0) is 17.8 Å². The van der Waals surface area contributed by atoms with E-state index in [4.69, 9.17) is 0 Å². The summed E-state index contributed by atoms with van der Waals surface area (Å²) in [6.45, 7) is 2.05. The zero-order chi connectivity index (χ0) is 9.68. The number of hydrogen-bond donors (Lipinski definition) is 0. The molecule has 2 nitrogen and oxygen atoms in total. The van der Waals surface area contributed by atoms with E-state index < -0.39 is 6.22 Å². The third kappa shape index (κ3) is 3.23. The number of carbonyl (C=O) groups is 1. The van der Waals surface area contributed by atoms with Crippen LogP contribution in [0.1, 0.15) is 18.1 Å². The summed E-state index contributed by atoms with van der Waals surface area (Å²) in [6, 6.07) is 7.51. The van der Waals surface area contributed by atoms with Gasteiger partial charge in [-0.05, 0) is 17.5 Å². The second-order valence-corrected chi connectivity index (χ2v) is 2.70. The molecule has 0 saturated carbocycles. The molecule has 0 fully saturated rings. The highest BCUT2D eigenvalue weighted by molar-refractivity contribution is 5.57. The summed E-state index contributed by atoms with van der Waals surface area (Å²) in [5.74, 6) is 0. The van der Waals surface area contributed by atoms with Crippen LogP contribution in [0.15, 0.2) is 24.3 Å². The fraction of sp³-hybridized carbons (Fsp3) is 0.300. The maximum atomic E-state index is 11.7. The number of ether oxygens (including phenoxy) is 1. The average molecular weight is 182 g/mol. The largest absolute Gasteiger partial charge is 0.495 e. The van der Waals surface area contributed by atoms with Crippen LogP contribution in [0, 0.1) is 0 Å². The van der Waals surface area contributed by atoms with E-state index in [1.807, 2.05) is 24.3 Å². The van der Waals surface area contributed by atoms with E-state index in [2.05, 4.69) is 11.7 Å². The first-order valence-corrected chi connectivity index (χ1v) is 4.12. The van der Waals surface area contributed by atoms with Crippen molar-refractivity contribution >= 4 is 6.22 Å². The lowest BCUT2D eigenvalue weighted by molar-refractivity contribution is 0.114. The third-order valence-electron chi connectivity index (χ3n) is 1.78. The Balaban J connectivity index is 2.54. The fourth-order valence-corrected chi connectivity index (χ4v) is 1.01. The molecule has 0 aliphatic carbocycles. The molecular formula is C10H11FO2. The molecule has 0 heterocycles. The summed E-state index contributed by atoms with van der Waals surface area (Å²) in [6.07, 6.45) is -0.775. The van der Waals surface area contributed by atoms with Crippen LogP contribution < -0.4 is 0 Å². The smallest absolute Gasteiger partial charge is 0.435 e. The first kappa shape index (κ1) is 9.71. The topological polar surface area (TPSA) is 26.3 Å². The van der Waals surface area contributed by atoms with Crippen LogP contribution in [0.5, 0.6) is 0 Å². The molecule has 0 bridgehead atoms. The van der Waals surface area contributed by atoms with Crippen molar-refractivity contribution < 1.29 is 13.9 Å². The summed E-state index contributed by atoms with van der Waals surface area (Å²) in [5.41, 5.74) is 2.00. The molecule has 0 unspecified atom stereocenters. The van der Waals surface area contributed by atoms with Gasteiger partial charge < -0.3 is 4.74 Å². The Morgan fingerprint density at radius 1 is 1.31 bits per heavy atom. The molecule has 0 spiro atoms. The Hall–Kier alpha value is -1.38. The number of aryl methyl sites for hydroxylation is 1. The Morgan fingerprint density at radius 2 is 1.85 bits per heavy atom. The van der Waals surface area contributed by atoms with Crippen molar-refractivity contribution in [1.82, 2.24) is 0 Å². The highest BCUT2D eigenvalue weighted by atomic mass is 19.1. The molecule has 1 rings (SSSR count). The number of benzene rings is 1. The summed E-state index contributed by atoms with van der Waals surface area (Å²) < 4.78 is 15.9. The van der Waals surface area contributed by atoms with Gasteiger partial charge in [-0.1, -0.05) is 31.2 Å². The Morgan fingerprint density at radius 3 is 2.31 bits per heavy atom. The van der Waals surface area contributed by atoms with Crippen molar-refractivity contribution in [1.29, 1.82) is 0 Å². The quantitative estimate of drug-likeness (QED) is 0.672. The van der Waals surface area contributed by atoms with Gasteiger partial charge in [0.1, 0.15) is 6.61 Å². The standard InChI is InChI=1S/C10H11FO2/c1-2-8-3-5-9(6-4-8)7-13-10(11)12/h3-6H,2,7H2,1H3. The predicted molar refractivity (Wildman–Crippen MR) is 47.1 cm³/mol. The molecule has 0 radical (unpaired) electrons. The monoisotopic (exact) mass is 182 g/mol. The Kier molecular flexibility index (Phi) is 3.43. The van der Waals surface area contributed by atoms with Gasteiger partial charge in [0, 0.05) is 0 Å². The third-order valence-corrected chi connectivity index (χ3v) is 1.78. The van der Waals surface area contributed by atoms with Gasteiger partial charge >= 0.3 is 6.22 Å². The van der Waals surface area contributed by atoms with Crippen LogP contribution in [0.4, 0.5) is 9.18 Å². The first-order chi connectivity index (χ1) is 6.22. The van der Waals surface area contributed by atoms with Crippen molar-refractivity contribution in [2.45, 2.75) is 20.0 Å². The number of rotatable bonds is 3. The molecule has 1 aromatic carbocycles. The fourth-order valence-electron chi connectivity index (χ4n) is 1.01. The summed E-state index contributed by atoms with van der Waals surface area (Å²) in [4.78, 5) is 9.85. The van der Waals surface area contributed by atoms with Crippen LogP contribution in [0.3, 0.4) is 0 Å². The van der Waals surface area contributed by atoms with Gasteiger partial charge in [0.05, 0.1) is 0 Å². The molecule has 0 saturated heterocycles. The number of halogens is 1. The van der Waals surface area contributed by atoms with Crippen molar-refractivity contribution in [2.75, 3.05) is 0 Å². The highest BCUT2D eigenvalue weighted by Crippen LogP contribution is 2.06. The number of carbonyl (C=O) groups excluding carboxylic acids is 1. The van der Waals surface area contributed by atoms with Gasteiger partial charge in [-0.15, -0.1) is 4.39 Å². The molecule has 13 heavy (non-hydrogen) atoms. The lowest BCUT2D eigenvalue weighted by atomic mass is 10.1. The SMILES string of the molecule is CCc1ccc(COC(=O)F)cc1. The van der Waals surface area contributed by atoms with E-state index in [1.165, 1.54) is 5.56 Å². The Labute approximate surface area is 76.3 Å². The number of hydrogen-bond acceptors (Lipinski definition) is 2. The normalized spacial score (nSPS) is 9.69. The maximum Gasteiger partial charge on any atom is 0.495 e. The molecule has 3 heteroatoms. The van der Waals surface area contributed by atoms with Crippen LogP contribution in [0.2, 0.25) is 0 Å². The van der Waals surface area contributed by atoms with Crippen molar-refractivity contribution in [3.8, 4) is 0 Å². The molecule has 0 atom stereocenters. The summed E-state index contributed by atoms with van der Waals surface area (Å²) >= 11 is 0. The second kappa shape index (κ2) is 4.60. The molecular weight excluding hydrogens is 171 g/mol. The van der Waals surface area contributed by atoms with E-state index in [-0.39, 0.29) is 6.61 Å². The lowest BCUT2D eigenvalue weighted by Crippen LogP contribution is -1.95. The average Bonchev–Trinajstić information content (AvgIpc) is 2.15. The van der Waals surface area contributed by atoms with Crippen LogP contribution in [-0.4, -0.2) is 6.22 Å². The van der Waals surface area contributed by atoms with Gasteiger partial charge in [-0.25, -0.2) is 4.79 Å². The van der Waals surface area contributed by atoms with Crippen LogP contribution in [0.25, 0.3) is 0 Å². The molecule has 0 N–H and O–H groups in total. The van der Waals surface area contributed by atoms with Crippen molar-refractivity contribution in [2.24, 2.45) is 0 Å². The Bertz CT molecular complexity index is 279. The minimum Gasteiger partial charge on any atom is -0.435 e. The van der Waals surface area contributed by atoms with E-state index in [0.717, 1.165) is 12.0 Å². The first-order valence-electron chi connectivity index (χ1n) is 4.12. The van der Waals surface area contributed by atoms with Gasteiger partial charge in [-0.2, -0.15) is 0 Å². The second-order valence-electron chi connectivity index (χ2n) is 2.70. The van der Waals surface area contributed by atoms with Gasteiger partial charge in [0.2, 0.25) is 0 Å². The van der Waals surface area contributed by atoms with Crippen molar-refractivity contribution in [3.05, 3.63) is 35.4 Å².